The van der Waals surface area contributed by atoms with Gasteiger partial charge in [0.05, 0.1) is 22.1 Å². The Morgan fingerprint density at radius 2 is 1.02 bits per heavy atom. The van der Waals surface area contributed by atoms with Crippen LogP contribution >= 0.6 is 0 Å². The molecular formula is C37H26F6N4. The van der Waals surface area contributed by atoms with E-state index in [1.54, 1.807) is 76.7 Å². The lowest BCUT2D eigenvalue weighted by Crippen LogP contribution is -2.54. The van der Waals surface area contributed by atoms with Crippen molar-refractivity contribution in [2.45, 2.75) is 31.6 Å². The molecule has 47 heavy (non-hydrogen) atoms. The van der Waals surface area contributed by atoms with Gasteiger partial charge in [0.2, 0.25) is 5.41 Å². The van der Waals surface area contributed by atoms with Gasteiger partial charge in [-0.15, -0.1) is 0 Å². The van der Waals surface area contributed by atoms with Crippen molar-refractivity contribution in [2.24, 2.45) is 0 Å². The third-order valence-corrected chi connectivity index (χ3v) is 8.50. The number of alkyl halides is 6. The molecule has 0 unspecified atom stereocenters. The van der Waals surface area contributed by atoms with Gasteiger partial charge in [-0.05, 0) is 79.6 Å². The van der Waals surface area contributed by atoms with Gasteiger partial charge in [0.1, 0.15) is 11.6 Å². The Morgan fingerprint density at radius 1 is 0.511 bits per heavy atom. The number of aromatic nitrogens is 4. The Kier molecular flexibility index (Phi) is 7.00. The van der Waals surface area contributed by atoms with Gasteiger partial charge in [-0.3, -0.25) is 9.13 Å². The first-order valence-corrected chi connectivity index (χ1v) is 14.7. The van der Waals surface area contributed by atoms with Gasteiger partial charge in [0.15, 0.2) is 0 Å². The van der Waals surface area contributed by atoms with Crippen LogP contribution in [0.2, 0.25) is 0 Å². The van der Waals surface area contributed by atoms with Gasteiger partial charge in [0.25, 0.3) is 0 Å². The Bertz CT molecular complexity index is 2230. The topological polar surface area (TPSA) is 35.6 Å². The van der Waals surface area contributed by atoms with Crippen molar-refractivity contribution in [3.8, 4) is 22.8 Å². The highest BCUT2D eigenvalue weighted by Crippen LogP contribution is 2.57. The smallest absolute Gasteiger partial charge is 0.297 e. The van der Waals surface area contributed by atoms with E-state index in [9.17, 15) is 0 Å². The number of hydrogen-bond acceptors (Lipinski definition) is 2. The summed E-state index contributed by atoms with van der Waals surface area (Å²) in [6.07, 6.45) is -11.5. The molecule has 2 aromatic heterocycles. The second-order valence-corrected chi connectivity index (χ2v) is 11.5. The van der Waals surface area contributed by atoms with E-state index in [4.69, 9.17) is 0 Å². The van der Waals surface area contributed by atoms with Gasteiger partial charge in [-0.25, -0.2) is 9.97 Å². The lowest BCUT2D eigenvalue weighted by Gasteiger charge is -2.38. The zero-order valence-corrected chi connectivity index (χ0v) is 25.1. The monoisotopic (exact) mass is 640 g/mol. The van der Waals surface area contributed by atoms with Gasteiger partial charge in [-0.2, -0.15) is 26.3 Å². The highest BCUT2D eigenvalue weighted by atomic mass is 19.4. The Hall–Kier alpha value is -5.38. The lowest BCUT2D eigenvalue weighted by molar-refractivity contribution is -0.288. The van der Waals surface area contributed by atoms with Crippen LogP contribution in [-0.2, 0) is 5.41 Å². The summed E-state index contributed by atoms with van der Waals surface area (Å²) in [5, 5.41) is 0. The molecule has 0 spiro atoms. The number of halogens is 6. The number of rotatable bonds is 5. The first-order chi connectivity index (χ1) is 22.4. The molecule has 0 aliphatic heterocycles. The molecule has 0 saturated carbocycles. The minimum Gasteiger partial charge on any atom is -0.297 e. The molecule has 0 atom stereocenters. The normalized spacial score (nSPS) is 12.7. The number of aryl methyl sites for hydroxylation is 2. The number of para-hydroxylation sites is 2. The molecule has 2 heterocycles. The maximum atomic E-state index is 15.3. The number of hydrogen-bond donors (Lipinski definition) is 0. The fourth-order valence-corrected chi connectivity index (χ4v) is 6.45. The van der Waals surface area contributed by atoms with Crippen LogP contribution in [-0.4, -0.2) is 31.5 Å². The molecule has 7 rings (SSSR count). The van der Waals surface area contributed by atoms with E-state index in [2.05, 4.69) is 9.97 Å². The van der Waals surface area contributed by atoms with E-state index >= 15 is 26.3 Å². The molecule has 10 heteroatoms. The Labute approximate surface area is 265 Å². The van der Waals surface area contributed by atoms with Gasteiger partial charge in [0, 0.05) is 16.9 Å². The SMILES string of the molecule is Cc1cccc(-c2nc3cc(C(c4ccc5c(c4)nc(C)n5-c4ccccc4)(C(F)(F)F)C(F)(F)F)ccc3n2-c2ccccc2)c1. The van der Waals surface area contributed by atoms with Crippen LogP contribution in [0, 0.1) is 13.8 Å². The zero-order valence-electron chi connectivity index (χ0n) is 25.1. The van der Waals surface area contributed by atoms with Gasteiger partial charge >= 0.3 is 12.4 Å². The molecule has 7 aromatic rings. The fraction of sp³-hybridized carbons (Fsp3) is 0.135. The van der Waals surface area contributed by atoms with E-state index in [0.29, 0.717) is 39.6 Å². The molecule has 0 amide bonds. The summed E-state index contributed by atoms with van der Waals surface area (Å²) >= 11 is 0. The van der Waals surface area contributed by atoms with Crippen molar-refractivity contribution >= 4 is 22.1 Å². The Balaban J connectivity index is 1.49. The third kappa shape index (κ3) is 4.78. The minimum absolute atomic E-state index is 0.00832. The van der Waals surface area contributed by atoms with Crippen molar-refractivity contribution in [3.63, 3.8) is 0 Å². The summed E-state index contributed by atoms with van der Waals surface area (Å²) in [5.41, 5.74) is -2.66. The fourth-order valence-electron chi connectivity index (χ4n) is 6.45. The molecule has 0 aliphatic rings. The second kappa shape index (κ2) is 10.9. The number of benzene rings is 5. The lowest BCUT2D eigenvalue weighted by atomic mass is 9.72. The summed E-state index contributed by atoms with van der Waals surface area (Å²) in [6.45, 7) is 3.54. The molecule has 0 fully saturated rings. The van der Waals surface area contributed by atoms with E-state index in [1.165, 1.54) is 12.1 Å². The van der Waals surface area contributed by atoms with E-state index in [0.717, 1.165) is 29.8 Å². The summed E-state index contributed by atoms with van der Waals surface area (Å²) in [4.78, 5) is 9.02. The summed E-state index contributed by atoms with van der Waals surface area (Å²) in [6, 6.07) is 31.5. The highest BCUT2D eigenvalue weighted by Gasteiger charge is 2.72. The Morgan fingerprint density at radius 3 is 1.55 bits per heavy atom. The third-order valence-electron chi connectivity index (χ3n) is 8.50. The van der Waals surface area contributed by atoms with Crippen molar-refractivity contribution in [1.82, 2.24) is 19.1 Å². The van der Waals surface area contributed by atoms with Crippen LogP contribution in [0.3, 0.4) is 0 Å². The first-order valence-electron chi connectivity index (χ1n) is 14.7. The van der Waals surface area contributed by atoms with Crippen LogP contribution in [0.5, 0.6) is 0 Å². The number of nitrogens with zero attached hydrogens (tertiary/aromatic N) is 4. The summed E-state index contributed by atoms with van der Waals surface area (Å²) in [5.74, 6) is 0.810. The standard InChI is InChI=1S/C37H26F6N4/c1-23-10-9-11-25(20-23)34-45-31-22-27(17-19-33(31)47(34)29-14-7-4-8-15-29)35(36(38,39)40,37(41,42)43)26-16-18-32-30(21-26)44-24(2)46(32)28-12-5-3-6-13-28/h3-22H,1-2H3. The van der Waals surface area contributed by atoms with Crippen molar-refractivity contribution in [3.05, 3.63) is 144 Å². The number of fused-ring (bicyclic) bond motifs is 2. The summed E-state index contributed by atoms with van der Waals surface area (Å²) in [7, 11) is 0. The predicted molar refractivity (Wildman–Crippen MR) is 170 cm³/mol. The van der Waals surface area contributed by atoms with Crippen LogP contribution < -0.4 is 0 Å². The summed E-state index contributed by atoms with van der Waals surface area (Å²) < 4.78 is 95.1. The quantitative estimate of drug-likeness (QED) is 0.176. The molecule has 0 radical (unpaired) electrons. The van der Waals surface area contributed by atoms with Crippen LogP contribution in [0.1, 0.15) is 22.5 Å². The minimum atomic E-state index is -5.77. The molecule has 4 nitrogen and oxygen atoms in total. The second-order valence-electron chi connectivity index (χ2n) is 11.5. The average Bonchev–Trinajstić information content (AvgIpc) is 3.57. The molecule has 0 N–H and O–H groups in total. The maximum Gasteiger partial charge on any atom is 0.411 e. The molecular weight excluding hydrogens is 614 g/mol. The zero-order chi connectivity index (χ0) is 33.1. The van der Waals surface area contributed by atoms with Crippen LogP contribution in [0.25, 0.3) is 44.8 Å². The number of imidazole rings is 2. The predicted octanol–water partition coefficient (Wildman–Crippen LogP) is 10.1. The molecule has 5 aromatic carbocycles. The van der Waals surface area contributed by atoms with Crippen molar-refractivity contribution in [1.29, 1.82) is 0 Å². The first kappa shape index (κ1) is 30.3. The molecule has 0 bridgehead atoms. The van der Waals surface area contributed by atoms with Crippen LogP contribution in [0.4, 0.5) is 26.3 Å². The highest BCUT2D eigenvalue weighted by molar-refractivity contribution is 5.85. The van der Waals surface area contributed by atoms with Crippen molar-refractivity contribution in [2.75, 3.05) is 0 Å². The maximum absolute atomic E-state index is 15.3. The van der Waals surface area contributed by atoms with E-state index in [1.807, 2.05) is 31.2 Å². The van der Waals surface area contributed by atoms with Gasteiger partial charge in [-0.1, -0.05) is 72.3 Å². The molecule has 236 valence electrons. The van der Waals surface area contributed by atoms with Crippen LogP contribution in [0.15, 0.2) is 121 Å². The molecule has 0 saturated heterocycles. The largest absolute Gasteiger partial charge is 0.411 e. The molecule has 0 aliphatic carbocycles. The van der Waals surface area contributed by atoms with Crippen molar-refractivity contribution < 1.29 is 26.3 Å². The van der Waals surface area contributed by atoms with Gasteiger partial charge < -0.3 is 0 Å². The van der Waals surface area contributed by atoms with E-state index < -0.39 is 28.9 Å². The average molecular weight is 641 g/mol. The van der Waals surface area contributed by atoms with E-state index in [-0.39, 0.29) is 11.0 Å².